The van der Waals surface area contributed by atoms with Crippen molar-refractivity contribution in [2.24, 2.45) is 0 Å². The number of para-hydroxylation sites is 1. The Hall–Kier alpha value is -2.07. The Morgan fingerprint density at radius 2 is 1.90 bits per heavy atom. The van der Waals surface area contributed by atoms with Crippen molar-refractivity contribution in [2.45, 2.75) is 0 Å². The lowest BCUT2D eigenvalue weighted by Crippen LogP contribution is -1.99. The summed E-state index contributed by atoms with van der Waals surface area (Å²) in [4.78, 5) is 0. The molecule has 0 amide bonds. The smallest absolute Gasteiger partial charge is 0.119 e. The molecule has 3 rings (SSSR count). The summed E-state index contributed by atoms with van der Waals surface area (Å²) in [6, 6.07) is 18.0. The van der Waals surface area contributed by atoms with Gasteiger partial charge < -0.3 is 4.74 Å². The van der Waals surface area contributed by atoms with E-state index in [1.54, 1.807) is 13.3 Å². The molecular formula is C16H13BrN2O. The Morgan fingerprint density at radius 3 is 2.70 bits per heavy atom. The maximum Gasteiger partial charge on any atom is 0.119 e. The van der Waals surface area contributed by atoms with Crippen molar-refractivity contribution in [3.05, 3.63) is 65.3 Å². The van der Waals surface area contributed by atoms with Gasteiger partial charge in [0.15, 0.2) is 0 Å². The number of hydrogen-bond donors (Lipinski definition) is 0. The van der Waals surface area contributed by atoms with Crippen LogP contribution in [0.3, 0.4) is 0 Å². The highest BCUT2D eigenvalue weighted by Crippen LogP contribution is 2.28. The molecule has 3 nitrogen and oxygen atoms in total. The van der Waals surface area contributed by atoms with Gasteiger partial charge >= 0.3 is 0 Å². The summed E-state index contributed by atoms with van der Waals surface area (Å²) in [5, 5.41) is 4.42. The van der Waals surface area contributed by atoms with Gasteiger partial charge in [0, 0.05) is 10.0 Å². The fourth-order valence-corrected chi connectivity index (χ4v) is 2.57. The minimum atomic E-state index is 0.836. The lowest BCUT2D eigenvalue weighted by molar-refractivity contribution is 0.415. The molecule has 3 aromatic rings. The second-order valence-electron chi connectivity index (χ2n) is 4.31. The number of benzene rings is 2. The summed E-state index contributed by atoms with van der Waals surface area (Å²) in [7, 11) is 1.67. The van der Waals surface area contributed by atoms with Gasteiger partial charge in [-0.05, 0) is 46.3 Å². The molecule has 0 N–H and O–H groups in total. The van der Waals surface area contributed by atoms with Gasteiger partial charge in [0.25, 0.3) is 0 Å². The van der Waals surface area contributed by atoms with Crippen molar-refractivity contribution < 1.29 is 4.74 Å². The highest BCUT2D eigenvalue weighted by molar-refractivity contribution is 9.10. The molecule has 4 heteroatoms. The molecule has 0 radical (unpaired) electrons. The minimum Gasteiger partial charge on any atom is -0.497 e. The van der Waals surface area contributed by atoms with Crippen LogP contribution in [0.4, 0.5) is 0 Å². The van der Waals surface area contributed by atoms with Crippen molar-refractivity contribution in [3.8, 4) is 22.7 Å². The Kier molecular flexibility index (Phi) is 3.56. The SMILES string of the molecule is COc1cccc(-c2ccnn2-c2ccccc2Br)c1. The monoisotopic (exact) mass is 328 g/mol. The Bertz CT molecular complexity index is 737. The third kappa shape index (κ3) is 2.34. The molecule has 0 atom stereocenters. The van der Waals surface area contributed by atoms with Crippen LogP contribution >= 0.6 is 15.9 Å². The summed E-state index contributed by atoms with van der Waals surface area (Å²) in [6.45, 7) is 0. The first-order valence-electron chi connectivity index (χ1n) is 6.23. The standard InChI is InChI=1S/C16H13BrN2O/c1-20-13-6-4-5-12(11-13)15-9-10-18-19(15)16-8-3-2-7-14(16)17/h2-11H,1H3. The van der Waals surface area contributed by atoms with Crippen molar-refractivity contribution in [1.29, 1.82) is 0 Å². The third-order valence-electron chi connectivity index (χ3n) is 3.09. The number of methoxy groups -OCH3 is 1. The van der Waals surface area contributed by atoms with E-state index >= 15 is 0 Å². The number of ether oxygens (including phenoxy) is 1. The van der Waals surface area contributed by atoms with Gasteiger partial charge in [-0.25, -0.2) is 4.68 Å². The lowest BCUT2D eigenvalue weighted by Gasteiger charge is -2.10. The van der Waals surface area contributed by atoms with Crippen LogP contribution in [0, 0.1) is 0 Å². The fraction of sp³-hybridized carbons (Fsp3) is 0.0625. The molecule has 0 bridgehead atoms. The second kappa shape index (κ2) is 5.51. The molecule has 0 fully saturated rings. The molecular weight excluding hydrogens is 316 g/mol. The van der Waals surface area contributed by atoms with Gasteiger partial charge in [0.1, 0.15) is 5.75 Å². The van der Waals surface area contributed by atoms with Crippen molar-refractivity contribution in [1.82, 2.24) is 9.78 Å². The first-order valence-corrected chi connectivity index (χ1v) is 7.02. The van der Waals surface area contributed by atoms with Crippen molar-refractivity contribution in [3.63, 3.8) is 0 Å². The molecule has 1 aromatic heterocycles. The summed E-state index contributed by atoms with van der Waals surface area (Å²) < 4.78 is 8.21. The zero-order valence-electron chi connectivity index (χ0n) is 11.0. The molecule has 0 saturated carbocycles. The largest absolute Gasteiger partial charge is 0.497 e. The van der Waals surface area contributed by atoms with Crippen LogP contribution < -0.4 is 4.74 Å². The quantitative estimate of drug-likeness (QED) is 0.716. The first-order chi connectivity index (χ1) is 9.79. The van der Waals surface area contributed by atoms with Gasteiger partial charge in [0.2, 0.25) is 0 Å². The van der Waals surface area contributed by atoms with Crippen LogP contribution in [0.5, 0.6) is 5.75 Å². The van der Waals surface area contributed by atoms with Crippen molar-refractivity contribution in [2.75, 3.05) is 7.11 Å². The second-order valence-corrected chi connectivity index (χ2v) is 5.17. The maximum atomic E-state index is 5.28. The predicted molar refractivity (Wildman–Crippen MR) is 83.3 cm³/mol. The van der Waals surface area contributed by atoms with Gasteiger partial charge in [-0.1, -0.05) is 24.3 Å². The highest BCUT2D eigenvalue weighted by atomic mass is 79.9. The fourth-order valence-electron chi connectivity index (χ4n) is 2.12. The third-order valence-corrected chi connectivity index (χ3v) is 3.76. The highest BCUT2D eigenvalue weighted by Gasteiger charge is 2.10. The molecule has 0 aliphatic heterocycles. The first kappa shape index (κ1) is 12.9. The van der Waals surface area contributed by atoms with Crippen LogP contribution in [0.2, 0.25) is 0 Å². The van der Waals surface area contributed by atoms with E-state index in [9.17, 15) is 0 Å². The topological polar surface area (TPSA) is 27.1 Å². The number of hydrogen-bond acceptors (Lipinski definition) is 2. The molecule has 20 heavy (non-hydrogen) atoms. The van der Waals surface area contributed by atoms with Crippen LogP contribution in [-0.4, -0.2) is 16.9 Å². The molecule has 100 valence electrons. The zero-order chi connectivity index (χ0) is 13.9. The van der Waals surface area contributed by atoms with E-state index in [-0.39, 0.29) is 0 Å². The number of aromatic nitrogens is 2. The number of rotatable bonds is 3. The van der Waals surface area contributed by atoms with E-state index in [1.165, 1.54) is 0 Å². The molecule has 0 aliphatic carbocycles. The summed E-state index contributed by atoms with van der Waals surface area (Å²) in [5.41, 5.74) is 3.10. The Morgan fingerprint density at radius 1 is 1.05 bits per heavy atom. The average Bonchev–Trinajstić information content (AvgIpc) is 2.97. The van der Waals surface area contributed by atoms with E-state index in [4.69, 9.17) is 4.74 Å². The predicted octanol–water partition coefficient (Wildman–Crippen LogP) is 4.31. The normalized spacial score (nSPS) is 10.5. The van der Waals surface area contributed by atoms with Crippen LogP contribution in [0.15, 0.2) is 65.3 Å². The van der Waals surface area contributed by atoms with E-state index in [2.05, 4.69) is 21.0 Å². The Labute approximate surface area is 125 Å². The average molecular weight is 329 g/mol. The van der Waals surface area contributed by atoms with Gasteiger partial charge in [-0.3, -0.25) is 0 Å². The lowest BCUT2D eigenvalue weighted by atomic mass is 10.1. The summed E-state index contributed by atoms with van der Waals surface area (Å²) >= 11 is 3.57. The maximum absolute atomic E-state index is 5.28. The van der Waals surface area contributed by atoms with E-state index in [1.807, 2.05) is 59.3 Å². The van der Waals surface area contributed by atoms with Crippen LogP contribution in [0.25, 0.3) is 16.9 Å². The molecule has 1 heterocycles. The van der Waals surface area contributed by atoms with Gasteiger partial charge in [-0.2, -0.15) is 5.10 Å². The van der Waals surface area contributed by atoms with Crippen molar-refractivity contribution >= 4 is 15.9 Å². The Balaban J connectivity index is 2.13. The van der Waals surface area contributed by atoms with Gasteiger partial charge in [0.05, 0.1) is 24.7 Å². The molecule has 0 aliphatic rings. The molecule has 0 saturated heterocycles. The van der Waals surface area contributed by atoms with Gasteiger partial charge in [-0.15, -0.1) is 0 Å². The van der Waals surface area contributed by atoms with E-state index in [0.717, 1.165) is 27.2 Å². The summed E-state index contributed by atoms with van der Waals surface area (Å²) in [6.07, 6.45) is 1.80. The zero-order valence-corrected chi connectivity index (χ0v) is 12.5. The van der Waals surface area contributed by atoms with Crippen LogP contribution in [0.1, 0.15) is 0 Å². The number of nitrogens with zero attached hydrogens (tertiary/aromatic N) is 2. The minimum absolute atomic E-state index is 0.836. The van der Waals surface area contributed by atoms with E-state index in [0.29, 0.717) is 0 Å². The molecule has 0 spiro atoms. The molecule has 0 unspecified atom stereocenters. The van der Waals surface area contributed by atoms with E-state index < -0.39 is 0 Å². The molecule has 2 aromatic carbocycles. The van der Waals surface area contributed by atoms with Crippen LogP contribution in [-0.2, 0) is 0 Å². The number of halogens is 1. The summed E-state index contributed by atoms with van der Waals surface area (Å²) in [5.74, 6) is 0.836.